The van der Waals surface area contributed by atoms with Gasteiger partial charge in [-0.05, 0) is 29.6 Å². The number of halogens is 1. The maximum atomic E-state index is 14.5. The van der Waals surface area contributed by atoms with Crippen molar-refractivity contribution in [1.29, 1.82) is 0 Å². The SMILES string of the molecule is CCN1CC(F)(C(=O)Nc2cc3cc(-c4cnn(C)c4)ccc3cn2)C1. The van der Waals surface area contributed by atoms with Crippen LogP contribution in [0.15, 0.2) is 42.9 Å². The van der Waals surface area contributed by atoms with Crippen molar-refractivity contribution in [1.82, 2.24) is 19.7 Å². The number of fused-ring (bicyclic) bond motifs is 1. The minimum absolute atomic E-state index is 0.133. The minimum Gasteiger partial charge on any atom is -0.308 e. The van der Waals surface area contributed by atoms with Crippen LogP contribution in [-0.4, -0.2) is 50.9 Å². The Labute approximate surface area is 150 Å². The Morgan fingerprint density at radius 1 is 1.23 bits per heavy atom. The third-order valence-electron chi connectivity index (χ3n) is 4.80. The molecule has 0 saturated carbocycles. The van der Waals surface area contributed by atoms with E-state index in [1.807, 2.05) is 43.3 Å². The predicted octanol–water partition coefficient (Wildman–Crippen LogP) is 2.62. The molecule has 3 heterocycles. The molecule has 1 aliphatic rings. The number of hydrogen-bond acceptors (Lipinski definition) is 4. The minimum atomic E-state index is -1.83. The monoisotopic (exact) mass is 353 g/mol. The maximum absolute atomic E-state index is 14.5. The Balaban J connectivity index is 1.57. The lowest BCUT2D eigenvalue weighted by Crippen LogP contribution is -2.64. The summed E-state index contributed by atoms with van der Waals surface area (Å²) in [6.07, 6.45) is 5.42. The number of carbonyl (C=O) groups excluding carboxylic acids is 1. The van der Waals surface area contributed by atoms with E-state index >= 15 is 0 Å². The first-order valence-corrected chi connectivity index (χ1v) is 8.58. The number of carbonyl (C=O) groups is 1. The van der Waals surface area contributed by atoms with E-state index in [4.69, 9.17) is 0 Å². The second-order valence-corrected chi connectivity index (χ2v) is 6.76. The molecule has 6 nitrogen and oxygen atoms in total. The van der Waals surface area contributed by atoms with Gasteiger partial charge < -0.3 is 5.32 Å². The summed E-state index contributed by atoms with van der Waals surface area (Å²) in [5.41, 5.74) is 0.201. The van der Waals surface area contributed by atoms with Crippen molar-refractivity contribution in [3.05, 3.63) is 42.9 Å². The summed E-state index contributed by atoms with van der Waals surface area (Å²) in [7, 11) is 1.87. The zero-order valence-electron chi connectivity index (χ0n) is 14.7. The number of amides is 1. The quantitative estimate of drug-likeness (QED) is 0.783. The van der Waals surface area contributed by atoms with Crippen molar-refractivity contribution in [3.63, 3.8) is 0 Å². The van der Waals surface area contributed by atoms with E-state index in [0.29, 0.717) is 5.82 Å². The Hall–Kier alpha value is -2.80. The molecule has 0 atom stereocenters. The number of aromatic nitrogens is 3. The van der Waals surface area contributed by atoms with Gasteiger partial charge in [0.05, 0.1) is 6.20 Å². The zero-order valence-corrected chi connectivity index (χ0v) is 14.7. The van der Waals surface area contributed by atoms with Gasteiger partial charge in [-0.25, -0.2) is 9.37 Å². The molecule has 1 aromatic carbocycles. The number of likely N-dealkylation sites (tertiary alicyclic amines) is 1. The fourth-order valence-corrected chi connectivity index (χ4v) is 3.22. The number of nitrogens with one attached hydrogen (secondary N) is 1. The molecule has 7 heteroatoms. The maximum Gasteiger partial charge on any atom is 0.265 e. The first-order chi connectivity index (χ1) is 12.5. The summed E-state index contributed by atoms with van der Waals surface area (Å²) in [5, 5.41) is 8.68. The fraction of sp³-hybridized carbons (Fsp3) is 0.316. The highest BCUT2D eigenvalue weighted by molar-refractivity contribution is 5.99. The van der Waals surface area contributed by atoms with Gasteiger partial charge in [-0.3, -0.25) is 14.4 Å². The first-order valence-electron chi connectivity index (χ1n) is 8.58. The molecule has 0 bridgehead atoms. The van der Waals surface area contributed by atoms with Gasteiger partial charge >= 0.3 is 0 Å². The van der Waals surface area contributed by atoms with Crippen LogP contribution in [0.25, 0.3) is 21.9 Å². The van der Waals surface area contributed by atoms with Crippen molar-refractivity contribution < 1.29 is 9.18 Å². The molecule has 2 aromatic heterocycles. The van der Waals surface area contributed by atoms with Crippen LogP contribution in [0.5, 0.6) is 0 Å². The molecule has 134 valence electrons. The van der Waals surface area contributed by atoms with Gasteiger partial charge in [0.1, 0.15) is 5.82 Å². The normalized spacial score (nSPS) is 16.4. The van der Waals surface area contributed by atoms with E-state index in [9.17, 15) is 9.18 Å². The number of benzene rings is 1. The third kappa shape index (κ3) is 2.94. The number of rotatable bonds is 4. The van der Waals surface area contributed by atoms with Crippen LogP contribution in [-0.2, 0) is 11.8 Å². The Kier molecular flexibility index (Phi) is 3.96. The van der Waals surface area contributed by atoms with E-state index in [1.165, 1.54) is 0 Å². The Morgan fingerprint density at radius 2 is 2.04 bits per heavy atom. The predicted molar refractivity (Wildman–Crippen MR) is 98.5 cm³/mol. The number of hydrogen-bond donors (Lipinski definition) is 1. The zero-order chi connectivity index (χ0) is 18.3. The van der Waals surface area contributed by atoms with Gasteiger partial charge in [0, 0.05) is 43.5 Å². The summed E-state index contributed by atoms with van der Waals surface area (Å²) in [6, 6.07) is 7.76. The van der Waals surface area contributed by atoms with Crippen LogP contribution in [0.2, 0.25) is 0 Å². The van der Waals surface area contributed by atoms with Crippen LogP contribution in [0.3, 0.4) is 0 Å². The van der Waals surface area contributed by atoms with Crippen molar-refractivity contribution in [3.8, 4) is 11.1 Å². The van der Waals surface area contributed by atoms with E-state index in [-0.39, 0.29) is 13.1 Å². The average Bonchev–Trinajstić information content (AvgIpc) is 3.04. The average molecular weight is 353 g/mol. The van der Waals surface area contributed by atoms with Crippen molar-refractivity contribution in [2.45, 2.75) is 12.6 Å². The second-order valence-electron chi connectivity index (χ2n) is 6.76. The van der Waals surface area contributed by atoms with E-state index in [2.05, 4.69) is 15.4 Å². The van der Waals surface area contributed by atoms with Crippen LogP contribution >= 0.6 is 0 Å². The molecule has 0 spiro atoms. The number of aryl methyl sites for hydroxylation is 1. The van der Waals surface area contributed by atoms with Crippen LogP contribution in [0.1, 0.15) is 6.92 Å². The molecule has 0 unspecified atom stereocenters. The number of anilines is 1. The first kappa shape index (κ1) is 16.7. The van der Waals surface area contributed by atoms with Crippen molar-refractivity contribution >= 4 is 22.5 Å². The standard InChI is InChI=1S/C19H20FN5O/c1-3-25-11-19(20,12-25)18(26)23-17-7-15-6-13(4-5-14(15)8-21-17)16-9-22-24(2)10-16/h4-10H,3,11-12H2,1-2H3,(H,21,23,26). The van der Waals surface area contributed by atoms with Gasteiger partial charge in [-0.15, -0.1) is 0 Å². The summed E-state index contributed by atoms with van der Waals surface area (Å²) >= 11 is 0. The largest absolute Gasteiger partial charge is 0.308 e. The highest BCUT2D eigenvalue weighted by atomic mass is 19.1. The molecule has 1 aliphatic heterocycles. The Morgan fingerprint density at radius 3 is 2.73 bits per heavy atom. The highest BCUT2D eigenvalue weighted by Crippen LogP contribution is 2.28. The van der Waals surface area contributed by atoms with Crippen LogP contribution in [0, 0.1) is 0 Å². The summed E-state index contributed by atoms with van der Waals surface area (Å²) in [5.74, 6) is -0.268. The molecule has 1 saturated heterocycles. The van der Waals surface area contributed by atoms with Crippen LogP contribution in [0.4, 0.5) is 10.2 Å². The highest BCUT2D eigenvalue weighted by Gasteiger charge is 2.49. The molecule has 3 aromatic rings. The molecule has 0 radical (unpaired) electrons. The Bertz CT molecular complexity index is 977. The van der Waals surface area contributed by atoms with E-state index in [1.54, 1.807) is 23.1 Å². The van der Waals surface area contributed by atoms with Gasteiger partial charge in [-0.1, -0.05) is 19.1 Å². The smallest absolute Gasteiger partial charge is 0.265 e. The van der Waals surface area contributed by atoms with Crippen molar-refractivity contribution in [2.24, 2.45) is 7.05 Å². The molecule has 1 fully saturated rings. The summed E-state index contributed by atoms with van der Waals surface area (Å²) in [6.45, 7) is 2.95. The topological polar surface area (TPSA) is 63.1 Å². The lowest BCUT2D eigenvalue weighted by Gasteiger charge is -2.42. The molecule has 0 aliphatic carbocycles. The van der Waals surface area contributed by atoms with Crippen molar-refractivity contribution in [2.75, 3.05) is 25.0 Å². The van der Waals surface area contributed by atoms with Gasteiger partial charge in [0.2, 0.25) is 5.67 Å². The van der Waals surface area contributed by atoms with Gasteiger partial charge in [0.15, 0.2) is 0 Å². The molecule has 4 rings (SSSR count). The second kappa shape index (κ2) is 6.17. The van der Waals surface area contributed by atoms with Gasteiger partial charge in [-0.2, -0.15) is 5.10 Å². The number of nitrogens with zero attached hydrogens (tertiary/aromatic N) is 4. The molecule has 26 heavy (non-hydrogen) atoms. The molecule has 1 amide bonds. The number of pyridine rings is 1. The van der Waals surface area contributed by atoms with E-state index < -0.39 is 11.6 Å². The lowest BCUT2D eigenvalue weighted by molar-refractivity contribution is -0.139. The molecular weight excluding hydrogens is 333 g/mol. The lowest BCUT2D eigenvalue weighted by atomic mass is 9.95. The van der Waals surface area contributed by atoms with Gasteiger partial charge in [0.25, 0.3) is 5.91 Å². The summed E-state index contributed by atoms with van der Waals surface area (Å²) in [4.78, 5) is 18.4. The van der Waals surface area contributed by atoms with E-state index in [0.717, 1.165) is 28.4 Å². The molecule has 1 N–H and O–H groups in total. The summed E-state index contributed by atoms with van der Waals surface area (Å²) < 4.78 is 16.3. The fourth-order valence-electron chi connectivity index (χ4n) is 3.22. The van der Waals surface area contributed by atoms with Crippen LogP contribution < -0.4 is 5.32 Å². The molecular formula is C19H20FN5O. The number of alkyl halides is 1. The third-order valence-corrected chi connectivity index (χ3v) is 4.80.